The average Bonchev–Trinajstić information content (AvgIpc) is 2.88. The van der Waals surface area contributed by atoms with E-state index in [2.05, 4.69) is 4.98 Å². The highest BCUT2D eigenvalue weighted by Crippen LogP contribution is 2.26. The van der Waals surface area contributed by atoms with Crippen molar-refractivity contribution in [2.75, 3.05) is 0 Å². The minimum atomic E-state index is -0.414. The fourth-order valence-corrected chi connectivity index (χ4v) is 2.86. The molecule has 2 aromatic heterocycles. The quantitative estimate of drug-likeness (QED) is 0.741. The Kier molecular flexibility index (Phi) is 2.84. The van der Waals surface area contributed by atoms with E-state index in [0.717, 1.165) is 23.8 Å². The summed E-state index contributed by atoms with van der Waals surface area (Å²) in [5.41, 5.74) is -0.159. The molecule has 1 aliphatic carbocycles. The molecule has 1 saturated carbocycles. The normalized spacial score (nSPS) is 19.7. The lowest BCUT2D eigenvalue weighted by Crippen LogP contribution is -2.38. The van der Waals surface area contributed by atoms with Gasteiger partial charge in [0.15, 0.2) is 16.9 Å². The lowest BCUT2D eigenvalue weighted by molar-refractivity contribution is -0.123. The monoisotopic (exact) mass is 276 g/mol. The van der Waals surface area contributed by atoms with E-state index in [1.54, 1.807) is 11.6 Å². The van der Waals surface area contributed by atoms with E-state index < -0.39 is 11.2 Å². The first-order chi connectivity index (χ1) is 9.52. The van der Waals surface area contributed by atoms with Crippen molar-refractivity contribution in [1.29, 1.82) is 0 Å². The fourth-order valence-electron chi connectivity index (χ4n) is 2.86. The van der Waals surface area contributed by atoms with Crippen LogP contribution in [0.3, 0.4) is 0 Å². The number of aromatic nitrogens is 4. The Balaban J connectivity index is 2.31. The number of ketones is 1. The largest absolute Gasteiger partial charge is 0.332 e. The van der Waals surface area contributed by atoms with Crippen LogP contribution in [-0.4, -0.2) is 24.5 Å². The molecule has 2 aromatic rings. The highest BCUT2D eigenvalue weighted by molar-refractivity contribution is 5.85. The molecular formula is C13H16N4O3. The van der Waals surface area contributed by atoms with E-state index in [-0.39, 0.29) is 11.8 Å². The molecule has 20 heavy (non-hydrogen) atoms. The van der Waals surface area contributed by atoms with E-state index in [0.29, 0.717) is 17.6 Å². The summed E-state index contributed by atoms with van der Waals surface area (Å²) in [4.78, 5) is 40.4. The van der Waals surface area contributed by atoms with Gasteiger partial charge >= 0.3 is 5.69 Å². The van der Waals surface area contributed by atoms with Crippen LogP contribution in [0.15, 0.2) is 15.9 Å². The zero-order chi connectivity index (χ0) is 14.4. The Morgan fingerprint density at radius 2 is 1.90 bits per heavy atom. The molecule has 0 saturated heterocycles. The number of hydrogen-bond donors (Lipinski definition) is 0. The van der Waals surface area contributed by atoms with Gasteiger partial charge in [-0.25, -0.2) is 9.78 Å². The van der Waals surface area contributed by atoms with Crippen LogP contribution >= 0.6 is 0 Å². The van der Waals surface area contributed by atoms with Gasteiger partial charge in [-0.3, -0.25) is 18.7 Å². The Hall–Kier alpha value is -2.18. The Morgan fingerprint density at radius 3 is 2.60 bits per heavy atom. The Labute approximate surface area is 114 Å². The molecule has 0 radical (unpaired) electrons. The minimum Gasteiger partial charge on any atom is -0.314 e. The van der Waals surface area contributed by atoms with Crippen molar-refractivity contribution in [3.05, 3.63) is 27.2 Å². The zero-order valence-corrected chi connectivity index (χ0v) is 11.5. The summed E-state index contributed by atoms with van der Waals surface area (Å²) in [5, 5.41) is 0. The van der Waals surface area contributed by atoms with Crippen molar-refractivity contribution in [2.45, 2.75) is 31.7 Å². The number of Topliss-reactive ketones (excluding diaryl/α,β-unsaturated/α-hetero) is 1. The second kappa shape index (κ2) is 4.43. The van der Waals surface area contributed by atoms with Gasteiger partial charge in [0.1, 0.15) is 0 Å². The lowest BCUT2D eigenvalue weighted by atomic mass is 9.94. The Morgan fingerprint density at radius 1 is 1.15 bits per heavy atom. The van der Waals surface area contributed by atoms with Gasteiger partial charge < -0.3 is 4.57 Å². The summed E-state index contributed by atoms with van der Waals surface area (Å²) in [6, 6.07) is -0.334. The fraction of sp³-hybridized carbons (Fsp3) is 0.538. The summed E-state index contributed by atoms with van der Waals surface area (Å²) in [6.45, 7) is 0. The van der Waals surface area contributed by atoms with Crippen molar-refractivity contribution in [3.8, 4) is 0 Å². The van der Waals surface area contributed by atoms with Crippen LogP contribution in [0.25, 0.3) is 11.2 Å². The highest BCUT2D eigenvalue weighted by Gasteiger charge is 2.27. The molecule has 7 heteroatoms. The second-order valence-electron chi connectivity index (χ2n) is 5.26. The first kappa shape index (κ1) is 12.8. The van der Waals surface area contributed by atoms with Crippen LogP contribution in [0, 0.1) is 0 Å². The van der Waals surface area contributed by atoms with Crippen LogP contribution < -0.4 is 11.2 Å². The van der Waals surface area contributed by atoms with Gasteiger partial charge in [-0.1, -0.05) is 6.42 Å². The molecule has 7 nitrogen and oxygen atoms in total. The first-order valence-electron chi connectivity index (χ1n) is 6.67. The molecule has 0 aromatic carbocycles. The molecule has 0 bridgehead atoms. The maximum absolute atomic E-state index is 12.3. The van der Waals surface area contributed by atoms with E-state index in [9.17, 15) is 14.4 Å². The van der Waals surface area contributed by atoms with Crippen LogP contribution in [0.4, 0.5) is 0 Å². The summed E-state index contributed by atoms with van der Waals surface area (Å²) in [6.07, 6.45) is 4.62. The predicted octanol–water partition coefficient (Wildman–Crippen LogP) is 0.118. The first-order valence-corrected chi connectivity index (χ1v) is 6.67. The third-order valence-corrected chi connectivity index (χ3v) is 4.03. The second-order valence-corrected chi connectivity index (χ2v) is 5.26. The third-order valence-electron chi connectivity index (χ3n) is 4.03. The number of carbonyl (C=O) groups excluding carboxylic acids is 1. The molecule has 0 N–H and O–H groups in total. The smallest absolute Gasteiger partial charge is 0.314 e. The van der Waals surface area contributed by atoms with Gasteiger partial charge in [0.2, 0.25) is 0 Å². The van der Waals surface area contributed by atoms with Gasteiger partial charge in [0.05, 0.1) is 12.4 Å². The summed E-state index contributed by atoms with van der Waals surface area (Å²) in [7, 11) is 3.01. The van der Waals surface area contributed by atoms with Crippen LogP contribution in [0.5, 0.6) is 0 Å². The molecule has 1 fully saturated rings. The molecule has 0 amide bonds. The molecule has 3 rings (SSSR count). The van der Waals surface area contributed by atoms with Crippen molar-refractivity contribution in [1.82, 2.24) is 18.7 Å². The van der Waals surface area contributed by atoms with E-state index in [1.807, 2.05) is 0 Å². The van der Waals surface area contributed by atoms with Crippen LogP contribution in [-0.2, 0) is 18.9 Å². The molecular weight excluding hydrogens is 260 g/mol. The summed E-state index contributed by atoms with van der Waals surface area (Å²) < 4.78 is 4.02. The maximum Gasteiger partial charge on any atom is 0.332 e. The summed E-state index contributed by atoms with van der Waals surface area (Å²) >= 11 is 0. The van der Waals surface area contributed by atoms with E-state index >= 15 is 0 Å². The van der Waals surface area contributed by atoms with Crippen molar-refractivity contribution < 1.29 is 4.79 Å². The minimum absolute atomic E-state index is 0.131. The topological polar surface area (TPSA) is 78.9 Å². The molecule has 106 valence electrons. The molecule has 2 heterocycles. The molecule has 1 atom stereocenters. The maximum atomic E-state index is 12.3. The van der Waals surface area contributed by atoms with Gasteiger partial charge in [-0.15, -0.1) is 0 Å². The zero-order valence-electron chi connectivity index (χ0n) is 11.5. The SMILES string of the molecule is Cn1c(=O)c2c(ncn2C2CCCCC2=O)n(C)c1=O. The van der Waals surface area contributed by atoms with Gasteiger partial charge in [-0.2, -0.15) is 0 Å². The average molecular weight is 276 g/mol. The van der Waals surface area contributed by atoms with E-state index in [1.165, 1.54) is 17.9 Å². The number of carbonyl (C=O) groups is 1. The van der Waals surface area contributed by atoms with E-state index in [4.69, 9.17) is 0 Å². The summed E-state index contributed by atoms with van der Waals surface area (Å²) in [5.74, 6) is 0.131. The number of fused-ring (bicyclic) bond motifs is 1. The lowest BCUT2D eigenvalue weighted by Gasteiger charge is -2.22. The third kappa shape index (κ3) is 1.65. The number of imidazole rings is 1. The van der Waals surface area contributed by atoms with Crippen LogP contribution in [0.1, 0.15) is 31.7 Å². The van der Waals surface area contributed by atoms with Crippen molar-refractivity contribution in [2.24, 2.45) is 14.1 Å². The van der Waals surface area contributed by atoms with Crippen molar-refractivity contribution in [3.63, 3.8) is 0 Å². The molecule has 1 aliphatic rings. The number of rotatable bonds is 1. The van der Waals surface area contributed by atoms with Crippen molar-refractivity contribution >= 4 is 16.9 Å². The molecule has 0 aliphatic heterocycles. The Bertz CT molecular complexity index is 811. The van der Waals surface area contributed by atoms with Gasteiger partial charge in [0.25, 0.3) is 5.56 Å². The predicted molar refractivity (Wildman–Crippen MR) is 72.7 cm³/mol. The van der Waals surface area contributed by atoms with Gasteiger partial charge in [0, 0.05) is 20.5 Å². The number of aryl methyl sites for hydroxylation is 1. The number of hydrogen-bond acceptors (Lipinski definition) is 4. The standard InChI is InChI=1S/C13H16N4O3/c1-15-11-10(12(19)16(2)13(15)20)17(7-14-11)8-5-3-4-6-9(8)18/h7-8H,3-6H2,1-2H3. The highest BCUT2D eigenvalue weighted by atomic mass is 16.2. The van der Waals surface area contributed by atoms with Gasteiger partial charge in [-0.05, 0) is 12.8 Å². The van der Waals surface area contributed by atoms with Crippen LogP contribution in [0.2, 0.25) is 0 Å². The molecule has 0 spiro atoms. The number of nitrogens with zero attached hydrogens (tertiary/aromatic N) is 4. The molecule has 1 unspecified atom stereocenters.